The van der Waals surface area contributed by atoms with Crippen LogP contribution in [0.3, 0.4) is 0 Å². The Hall–Kier alpha value is -2.82. The molecule has 0 aromatic heterocycles. The molecule has 2 aliphatic rings. The predicted molar refractivity (Wildman–Crippen MR) is 117 cm³/mol. The molecule has 5 heteroatoms. The van der Waals surface area contributed by atoms with Crippen LogP contribution in [0.4, 0.5) is 10.5 Å². The molecule has 2 heterocycles. The fourth-order valence-corrected chi connectivity index (χ4v) is 4.57. The van der Waals surface area contributed by atoms with Gasteiger partial charge in [-0.15, -0.1) is 0 Å². The maximum absolute atomic E-state index is 13.7. The Kier molecular flexibility index (Phi) is 5.54. The maximum atomic E-state index is 13.7. The summed E-state index contributed by atoms with van der Waals surface area (Å²) < 4.78 is 5.73. The van der Waals surface area contributed by atoms with Crippen LogP contribution in [-0.4, -0.2) is 35.1 Å². The second kappa shape index (κ2) is 8.13. The number of hydrogen-bond donors (Lipinski definition) is 0. The lowest BCUT2D eigenvalue weighted by molar-refractivity contribution is -0.123. The predicted octanol–water partition coefficient (Wildman–Crippen LogP) is 5.11. The number of ether oxygens (including phenoxy) is 1. The molecule has 0 bridgehead atoms. The first kappa shape index (κ1) is 20.5. The van der Waals surface area contributed by atoms with E-state index in [-0.39, 0.29) is 11.9 Å². The van der Waals surface area contributed by atoms with E-state index in [4.69, 9.17) is 4.74 Å². The SMILES string of the molecule is CC(C)(C)OC(=O)N1C(C(=O)N2CCCc3ccccc32)CCC1c1ccccc1. The summed E-state index contributed by atoms with van der Waals surface area (Å²) in [7, 11) is 0. The largest absolute Gasteiger partial charge is 0.444 e. The number of anilines is 1. The Labute approximate surface area is 178 Å². The highest BCUT2D eigenvalue weighted by Gasteiger charge is 2.45. The van der Waals surface area contributed by atoms with Crippen LogP contribution in [0.5, 0.6) is 0 Å². The number of likely N-dealkylation sites (tertiary alicyclic amines) is 1. The van der Waals surface area contributed by atoms with Crippen molar-refractivity contribution in [3.63, 3.8) is 0 Å². The highest BCUT2D eigenvalue weighted by molar-refractivity contribution is 6.00. The molecule has 2 aromatic carbocycles. The van der Waals surface area contributed by atoms with E-state index in [0.717, 1.165) is 30.5 Å². The molecule has 2 atom stereocenters. The summed E-state index contributed by atoms with van der Waals surface area (Å²) in [5.41, 5.74) is 2.59. The second-order valence-electron chi connectivity index (χ2n) is 9.13. The van der Waals surface area contributed by atoms with Gasteiger partial charge in [0.25, 0.3) is 0 Å². The van der Waals surface area contributed by atoms with Crippen LogP contribution < -0.4 is 4.90 Å². The summed E-state index contributed by atoms with van der Waals surface area (Å²) in [6.45, 7) is 6.26. The zero-order valence-corrected chi connectivity index (χ0v) is 18.0. The molecule has 0 radical (unpaired) electrons. The second-order valence-corrected chi connectivity index (χ2v) is 9.13. The van der Waals surface area contributed by atoms with E-state index in [9.17, 15) is 9.59 Å². The third-order valence-corrected chi connectivity index (χ3v) is 5.84. The number of carbonyl (C=O) groups is 2. The van der Waals surface area contributed by atoms with Crippen LogP contribution in [0.2, 0.25) is 0 Å². The molecule has 5 nitrogen and oxygen atoms in total. The maximum Gasteiger partial charge on any atom is 0.411 e. The van der Waals surface area contributed by atoms with Gasteiger partial charge < -0.3 is 9.64 Å². The van der Waals surface area contributed by atoms with Crippen LogP contribution in [0.25, 0.3) is 0 Å². The average molecular weight is 407 g/mol. The lowest BCUT2D eigenvalue weighted by Gasteiger charge is -2.36. The molecule has 2 unspecified atom stereocenters. The van der Waals surface area contributed by atoms with Gasteiger partial charge in [0.1, 0.15) is 11.6 Å². The summed E-state index contributed by atoms with van der Waals surface area (Å²) in [5, 5.41) is 0. The smallest absolute Gasteiger partial charge is 0.411 e. The number of amides is 2. The van der Waals surface area contributed by atoms with Gasteiger partial charge in [0, 0.05) is 12.2 Å². The number of carbonyl (C=O) groups excluding carboxylic acids is 2. The van der Waals surface area contributed by atoms with Gasteiger partial charge in [0.2, 0.25) is 5.91 Å². The zero-order chi connectivity index (χ0) is 21.3. The molecule has 2 aromatic rings. The van der Waals surface area contributed by atoms with Gasteiger partial charge in [-0.1, -0.05) is 48.5 Å². The Morgan fingerprint density at radius 1 is 0.967 bits per heavy atom. The Balaban J connectivity index is 1.66. The van der Waals surface area contributed by atoms with Gasteiger partial charge in [0.05, 0.1) is 6.04 Å². The van der Waals surface area contributed by atoms with E-state index in [0.29, 0.717) is 13.0 Å². The zero-order valence-electron chi connectivity index (χ0n) is 18.0. The monoisotopic (exact) mass is 406 g/mol. The van der Waals surface area contributed by atoms with Crippen molar-refractivity contribution in [3.8, 4) is 0 Å². The van der Waals surface area contributed by atoms with Gasteiger partial charge in [-0.05, 0) is 63.6 Å². The minimum atomic E-state index is -0.619. The molecule has 30 heavy (non-hydrogen) atoms. The van der Waals surface area contributed by atoms with Crippen molar-refractivity contribution in [3.05, 3.63) is 65.7 Å². The molecule has 4 rings (SSSR count). The lowest BCUT2D eigenvalue weighted by Crippen LogP contribution is -2.51. The molecular weight excluding hydrogens is 376 g/mol. The molecular formula is C25H30N2O3. The molecule has 0 saturated carbocycles. The van der Waals surface area contributed by atoms with E-state index < -0.39 is 17.7 Å². The molecule has 1 fully saturated rings. The first-order chi connectivity index (χ1) is 14.3. The summed E-state index contributed by atoms with van der Waals surface area (Å²) >= 11 is 0. The molecule has 0 spiro atoms. The van der Waals surface area contributed by atoms with Crippen molar-refractivity contribution in [2.24, 2.45) is 0 Å². The van der Waals surface area contributed by atoms with Crippen molar-refractivity contribution in [1.82, 2.24) is 4.90 Å². The Morgan fingerprint density at radius 3 is 2.40 bits per heavy atom. The van der Waals surface area contributed by atoms with E-state index in [2.05, 4.69) is 6.07 Å². The fourth-order valence-electron chi connectivity index (χ4n) is 4.57. The molecule has 1 saturated heterocycles. The van der Waals surface area contributed by atoms with Crippen molar-refractivity contribution in [2.75, 3.05) is 11.4 Å². The van der Waals surface area contributed by atoms with Crippen LogP contribution in [0, 0.1) is 0 Å². The number of rotatable bonds is 2. The van der Waals surface area contributed by atoms with E-state index in [1.165, 1.54) is 5.56 Å². The fraction of sp³-hybridized carbons (Fsp3) is 0.440. The molecule has 2 aliphatic heterocycles. The number of benzene rings is 2. The number of fused-ring (bicyclic) bond motifs is 1. The molecule has 0 N–H and O–H groups in total. The summed E-state index contributed by atoms with van der Waals surface area (Å²) in [5.74, 6) is -0.00793. The van der Waals surface area contributed by atoms with Gasteiger partial charge >= 0.3 is 6.09 Å². The van der Waals surface area contributed by atoms with E-state index in [1.807, 2.05) is 74.2 Å². The van der Waals surface area contributed by atoms with Crippen LogP contribution in [0.1, 0.15) is 57.2 Å². The summed E-state index contributed by atoms with van der Waals surface area (Å²) in [4.78, 5) is 30.5. The Morgan fingerprint density at radius 2 is 1.67 bits per heavy atom. The quantitative estimate of drug-likeness (QED) is 0.697. The number of hydrogen-bond acceptors (Lipinski definition) is 3. The topological polar surface area (TPSA) is 49.9 Å². The van der Waals surface area contributed by atoms with Crippen LogP contribution in [-0.2, 0) is 16.0 Å². The van der Waals surface area contributed by atoms with Gasteiger partial charge in [-0.2, -0.15) is 0 Å². The normalized spacial score (nSPS) is 21.3. The highest BCUT2D eigenvalue weighted by Crippen LogP contribution is 2.39. The highest BCUT2D eigenvalue weighted by atomic mass is 16.6. The number of aryl methyl sites for hydroxylation is 1. The van der Waals surface area contributed by atoms with Crippen molar-refractivity contribution >= 4 is 17.7 Å². The standard InChI is InChI=1S/C25H30N2O3/c1-25(2,3)30-24(29)27-21(19-10-5-4-6-11-19)15-16-22(27)23(28)26-17-9-13-18-12-7-8-14-20(18)26/h4-8,10-12,14,21-22H,9,13,15-17H2,1-3H3. The van der Waals surface area contributed by atoms with Crippen molar-refractivity contribution in [2.45, 2.75) is 64.1 Å². The molecule has 158 valence electrons. The minimum absolute atomic E-state index is 0.00793. The summed E-state index contributed by atoms with van der Waals surface area (Å²) in [6.07, 6.45) is 2.88. The van der Waals surface area contributed by atoms with Gasteiger partial charge in [-0.25, -0.2) is 4.79 Å². The van der Waals surface area contributed by atoms with Gasteiger partial charge in [-0.3, -0.25) is 9.69 Å². The average Bonchev–Trinajstić information content (AvgIpc) is 3.17. The van der Waals surface area contributed by atoms with Crippen molar-refractivity contribution in [1.29, 1.82) is 0 Å². The minimum Gasteiger partial charge on any atom is -0.444 e. The molecule has 2 amide bonds. The van der Waals surface area contributed by atoms with Crippen LogP contribution >= 0.6 is 0 Å². The third kappa shape index (κ3) is 4.07. The first-order valence-corrected chi connectivity index (χ1v) is 10.8. The van der Waals surface area contributed by atoms with E-state index in [1.54, 1.807) is 4.90 Å². The summed E-state index contributed by atoms with van der Waals surface area (Å²) in [6, 6.07) is 17.3. The number of para-hydroxylation sites is 1. The first-order valence-electron chi connectivity index (χ1n) is 10.8. The van der Waals surface area contributed by atoms with Crippen LogP contribution in [0.15, 0.2) is 54.6 Å². The number of nitrogens with zero attached hydrogens (tertiary/aromatic N) is 2. The van der Waals surface area contributed by atoms with Gasteiger partial charge in [0.15, 0.2) is 0 Å². The molecule has 0 aliphatic carbocycles. The lowest BCUT2D eigenvalue weighted by atomic mass is 10.0. The van der Waals surface area contributed by atoms with Crippen molar-refractivity contribution < 1.29 is 14.3 Å². The van der Waals surface area contributed by atoms with E-state index >= 15 is 0 Å². The Bertz CT molecular complexity index is 919. The third-order valence-electron chi connectivity index (χ3n) is 5.84.